The van der Waals surface area contributed by atoms with Gasteiger partial charge in [-0.15, -0.1) is 0 Å². The van der Waals surface area contributed by atoms with E-state index in [4.69, 9.17) is 9.84 Å². The number of hydrogen-bond donors (Lipinski definition) is 2. The van der Waals surface area contributed by atoms with Crippen LogP contribution in [-0.4, -0.2) is 44.0 Å². The molecule has 2 N–H and O–H groups in total. The molecule has 8 heteroatoms. The van der Waals surface area contributed by atoms with Gasteiger partial charge in [0.25, 0.3) is 0 Å². The molecule has 0 atom stereocenters. The lowest BCUT2D eigenvalue weighted by molar-refractivity contribution is 0.0698. The summed E-state index contributed by atoms with van der Waals surface area (Å²) in [5.41, 5.74) is -0.114. The van der Waals surface area contributed by atoms with Gasteiger partial charge in [-0.3, -0.25) is 4.72 Å². The number of carbonyl (C=O) groups is 1. The minimum absolute atomic E-state index is 0.00347. The van der Waals surface area contributed by atoms with Crippen molar-refractivity contribution in [2.24, 2.45) is 0 Å². The van der Waals surface area contributed by atoms with Gasteiger partial charge in [-0.05, 0) is 25.0 Å². The number of methoxy groups -OCH3 is 1. The molecular formula is C12H16N2O5S. The molecule has 1 saturated heterocycles. The highest BCUT2D eigenvalue weighted by molar-refractivity contribution is 7.90. The van der Waals surface area contributed by atoms with E-state index in [-0.39, 0.29) is 11.3 Å². The van der Waals surface area contributed by atoms with Crippen molar-refractivity contribution >= 4 is 21.9 Å². The molecule has 1 aromatic carbocycles. The van der Waals surface area contributed by atoms with Crippen molar-refractivity contribution in [1.82, 2.24) is 4.31 Å². The van der Waals surface area contributed by atoms with Gasteiger partial charge in [0.15, 0.2) is 0 Å². The highest BCUT2D eigenvalue weighted by Gasteiger charge is 2.26. The Morgan fingerprint density at radius 1 is 1.35 bits per heavy atom. The van der Waals surface area contributed by atoms with Gasteiger partial charge in [0.1, 0.15) is 5.75 Å². The minimum atomic E-state index is -3.73. The number of nitrogens with zero attached hydrogens (tertiary/aromatic N) is 1. The Morgan fingerprint density at radius 3 is 2.55 bits per heavy atom. The minimum Gasteiger partial charge on any atom is -0.497 e. The van der Waals surface area contributed by atoms with Crippen LogP contribution in [0.4, 0.5) is 5.69 Å². The lowest BCUT2D eigenvalue weighted by atomic mass is 10.2. The summed E-state index contributed by atoms with van der Waals surface area (Å²) in [6, 6.07) is 4.14. The number of ether oxygens (including phenoxy) is 1. The first kappa shape index (κ1) is 14.6. The zero-order valence-corrected chi connectivity index (χ0v) is 11.8. The molecule has 7 nitrogen and oxygen atoms in total. The maximum absolute atomic E-state index is 12.2. The number of aromatic carboxylic acids is 1. The maximum atomic E-state index is 12.2. The number of carboxylic acid groups (broad SMARTS) is 1. The molecule has 0 bridgehead atoms. The number of benzene rings is 1. The van der Waals surface area contributed by atoms with Crippen molar-refractivity contribution in [3.8, 4) is 5.75 Å². The summed E-state index contributed by atoms with van der Waals surface area (Å²) in [7, 11) is -2.30. The number of rotatable bonds is 5. The molecule has 0 spiro atoms. The topological polar surface area (TPSA) is 95.9 Å². The molecular weight excluding hydrogens is 284 g/mol. The smallest absolute Gasteiger partial charge is 0.337 e. The third-order valence-electron chi connectivity index (χ3n) is 3.10. The molecule has 2 rings (SSSR count). The van der Waals surface area contributed by atoms with Crippen molar-refractivity contribution in [1.29, 1.82) is 0 Å². The first-order valence-corrected chi connectivity index (χ1v) is 7.57. The highest BCUT2D eigenvalue weighted by Crippen LogP contribution is 2.25. The summed E-state index contributed by atoms with van der Waals surface area (Å²) >= 11 is 0. The van der Waals surface area contributed by atoms with Gasteiger partial charge in [-0.25, -0.2) is 4.79 Å². The Kier molecular flexibility index (Phi) is 4.15. The normalized spacial score (nSPS) is 16.1. The first-order valence-electron chi connectivity index (χ1n) is 6.13. The summed E-state index contributed by atoms with van der Waals surface area (Å²) in [4.78, 5) is 11.1. The van der Waals surface area contributed by atoms with Crippen LogP contribution >= 0.6 is 0 Å². The highest BCUT2D eigenvalue weighted by atomic mass is 32.2. The molecule has 110 valence electrons. The van der Waals surface area contributed by atoms with E-state index < -0.39 is 16.2 Å². The Morgan fingerprint density at radius 2 is 2.00 bits per heavy atom. The molecule has 1 aromatic rings. The lowest BCUT2D eigenvalue weighted by Crippen LogP contribution is -2.33. The Bertz CT molecular complexity index is 608. The average molecular weight is 300 g/mol. The predicted octanol–water partition coefficient (Wildman–Crippen LogP) is 1.15. The molecule has 1 aliphatic rings. The van der Waals surface area contributed by atoms with E-state index in [0.29, 0.717) is 18.8 Å². The van der Waals surface area contributed by atoms with Crippen molar-refractivity contribution < 1.29 is 23.1 Å². The third-order valence-corrected chi connectivity index (χ3v) is 4.62. The van der Waals surface area contributed by atoms with Gasteiger partial charge in [0, 0.05) is 19.2 Å². The maximum Gasteiger partial charge on any atom is 0.337 e. The van der Waals surface area contributed by atoms with E-state index in [2.05, 4.69) is 4.72 Å². The van der Waals surface area contributed by atoms with Crippen molar-refractivity contribution in [2.45, 2.75) is 12.8 Å². The first-order chi connectivity index (χ1) is 9.44. The number of hydrogen-bond acceptors (Lipinski definition) is 4. The van der Waals surface area contributed by atoms with Gasteiger partial charge in [0.05, 0.1) is 18.4 Å². The summed E-state index contributed by atoms with van der Waals surface area (Å²) in [5, 5.41) is 9.10. The molecule has 0 amide bonds. The molecule has 0 saturated carbocycles. The summed E-state index contributed by atoms with van der Waals surface area (Å²) in [5.74, 6) is -0.819. The molecule has 1 fully saturated rings. The quantitative estimate of drug-likeness (QED) is 0.850. The van der Waals surface area contributed by atoms with Crippen LogP contribution in [0.1, 0.15) is 23.2 Å². The standard InChI is InChI=1S/C12H16N2O5S/c1-19-9-4-5-10(12(15)16)11(8-9)13-20(17,18)14-6-2-3-7-14/h4-5,8,13H,2-3,6-7H2,1H3,(H,15,16). The van der Waals surface area contributed by atoms with Crippen LogP contribution in [0.25, 0.3) is 0 Å². The van der Waals surface area contributed by atoms with Gasteiger partial charge in [0.2, 0.25) is 0 Å². The predicted molar refractivity (Wildman–Crippen MR) is 73.3 cm³/mol. The molecule has 1 aliphatic heterocycles. The fourth-order valence-corrected chi connectivity index (χ4v) is 3.37. The van der Waals surface area contributed by atoms with Gasteiger partial charge in [-0.1, -0.05) is 0 Å². The lowest BCUT2D eigenvalue weighted by Gasteiger charge is -2.18. The van der Waals surface area contributed by atoms with Crippen LogP contribution in [0.5, 0.6) is 5.75 Å². The van der Waals surface area contributed by atoms with Crippen molar-refractivity contribution in [3.05, 3.63) is 23.8 Å². The van der Waals surface area contributed by atoms with Crippen LogP contribution in [0.3, 0.4) is 0 Å². The van der Waals surface area contributed by atoms with Gasteiger partial charge < -0.3 is 9.84 Å². The number of carboxylic acids is 1. The van der Waals surface area contributed by atoms with Crippen LogP contribution in [0, 0.1) is 0 Å². The zero-order chi connectivity index (χ0) is 14.8. The van der Waals surface area contributed by atoms with Crippen LogP contribution in [0.2, 0.25) is 0 Å². The second-order valence-corrected chi connectivity index (χ2v) is 6.10. The van der Waals surface area contributed by atoms with E-state index >= 15 is 0 Å². The SMILES string of the molecule is COc1ccc(C(=O)O)c(NS(=O)(=O)N2CCCC2)c1. The van der Waals surface area contributed by atoms with Crippen molar-refractivity contribution in [3.63, 3.8) is 0 Å². The molecule has 0 radical (unpaired) electrons. The average Bonchev–Trinajstić information content (AvgIpc) is 2.92. The largest absolute Gasteiger partial charge is 0.497 e. The Hall–Kier alpha value is -1.80. The van der Waals surface area contributed by atoms with E-state index in [9.17, 15) is 13.2 Å². The third kappa shape index (κ3) is 3.02. The number of nitrogens with one attached hydrogen (secondary N) is 1. The second-order valence-electron chi connectivity index (χ2n) is 4.43. The van der Waals surface area contributed by atoms with Gasteiger partial charge in [-0.2, -0.15) is 12.7 Å². The Labute approximate surface area is 117 Å². The fraction of sp³-hybridized carbons (Fsp3) is 0.417. The second kappa shape index (κ2) is 5.68. The Balaban J connectivity index is 2.33. The molecule has 0 unspecified atom stereocenters. The summed E-state index contributed by atoms with van der Waals surface area (Å²) in [6.07, 6.45) is 1.62. The molecule has 0 aromatic heterocycles. The van der Waals surface area contributed by atoms with Crippen LogP contribution in [0.15, 0.2) is 18.2 Å². The number of anilines is 1. The van der Waals surface area contributed by atoms with E-state index in [1.54, 1.807) is 0 Å². The van der Waals surface area contributed by atoms with Gasteiger partial charge >= 0.3 is 16.2 Å². The summed E-state index contributed by atoms with van der Waals surface area (Å²) in [6.45, 7) is 0.892. The molecule has 1 heterocycles. The summed E-state index contributed by atoms with van der Waals surface area (Å²) < 4.78 is 32.9. The zero-order valence-electron chi connectivity index (χ0n) is 11.0. The van der Waals surface area contributed by atoms with Crippen LogP contribution < -0.4 is 9.46 Å². The fourth-order valence-electron chi connectivity index (χ4n) is 2.05. The molecule has 0 aliphatic carbocycles. The van der Waals surface area contributed by atoms with Crippen molar-refractivity contribution in [2.75, 3.05) is 24.9 Å². The van der Waals surface area contributed by atoms with E-state index in [1.165, 1.54) is 29.6 Å². The van der Waals surface area contributed by atoms with Crippen LogP contribution in [-0.2, 0) is 10.2 Å². The molecule has 20 heavy (non-hydrogen) atoms. The monoisotopic (exact) mass is 300 g/mol. The van der Waals surface area contributed by atoms with E-state index in [1.807, 2.05) is 0 Å². The van der Waals surface area contributed by atoms with E-state index in [0.717, 1.165) is 12.8 Å².